The summed E-state index contributed by atoms with van der Waals surface area (Å²) < 4.78 is 5.49. The van der Waals surface area contributed by atoms with E-state index in [1.165, 1.54) is 0 Å². The Kier molecular flexibility index (Phi) is 4.34. The molecule has 5 rings (SSSR count). The van der Waals surface area contributed by atoms with Gasteiger partial charge in [-0.2, -0.15) is 0 Å². The summed E-state index contributed by atoms with van der Waals surface area (Å²) in [5.41, 5.74) is 4.02. The Morgan fingerprint density at radius 1 is 0.821 bits per heavy atom. The lowest BCUT2D eigenvalue weighted by Crippen LogP contribution is -2.37. The normalized spacial score (nSPS) is 14.4. The van der Waals surface area contributed by atoms with Gasteiger partial charge in [0.1, 0.15) is 11.2 Å². The van der Waals surface area contributed by atoms with Crippen LogP contribution in [-0.4, -0.2) is 51.2 Å². The van der Waals surface area contributed by atoms with Crippen molar-refractivity contribution in [3.63, 3.8) is 0 Å². The van der Waals surface area contributed by atoms with Crippen molar-refractivity contribution in [1.29, 1.82) is 0 Å². The van der Waals surface area contributed by atoms with Gasteiger partial charge in [0, 0.05) is 24.8 Å². The van der Waals surface area contributed by atoms with Crippen LogP contribution in [0.2, 0.25) is 0 Å². The van der Waals surface area contributed by atoms with Gasteiger partial charge in [-0.1, -0.05) is 30.3 Å². The number of hydrogen-bond acceptors (Lipinski definition) is 7. The number of morpholine rings is 1. The molecule has 0 N–H and O–H groups in total. The Morgan fingerprint density at radius 3 is 2.50 bits per heavy atom. The predicted molar refractivity (Wildman–Crippen MR) is 107 cm³/mol. The van der Waals surface area contributed by atoms with Crippen molar-refractivity contribution in [2.24, 2.45) is 0 Å². The third kappa shape index (κ3) is 3.16. The molecule has 1 saturated heterocycles. The monoisotopic (exact) mass is 370 g/mol. The summed E-state index contributed by atoms with van der Waals surface area (Å²) in [5.74, 6) is 1.36. The lowest BCUT2D eigenvalue weighted by Gasteiger charge is -2.28. The molecular weight excluding hydrogens is 352 g/mol. The molecule has 0 saturated carbocycles. The van der Waals surface area contributed by atoms with Gasteiger partial charge in [0.25, 0.3) is 0 Å². The highest BCUT2D eigenvalue weighted by Crippen LogP contribution is 2.26. The third-order valence-electron chi connectivity index (χ3n) is 4.68. The van der Waals surface area contributed by atoms with Crippen LogP contribution in [0.1, 0.15) is 0 Å². The molecule has 138 valence electrons. The van der Waals surface area contributed by atoms with Crippen molar-refractivity contribution < 1.29 is 4.74 Å². The molecule has 3 aromatic heterocycles. The molecule has 1 aliphatic rings. The molecule has 4 heterocycles. The van der Waals surface area contributed by atoms with Crippen LogP contribution in [-0.2, 0) is 4.74 Å². The molecule has 0 spiro atoms. The van der Waals surface area contributed by atoms with E-state index in [9.17, 15) is 0 Å². The van der Waals surface area contributed by atoms with Crippen molar-refractivity contribution in [3.05, 3.63) is 61.1 Å². The largest absolute Gasteiger partial charge is 0.378 e. The van der Waals surface area contributed by atoms with Crippen molar-refractivity contribution in [3.8, 4) is 22.8 Å². The van der Waals surface area contributed by atoms with Gasteiger partial charge in [-0.15, -0.1) is 0 Å². The second-order valence-corrected chi connectivity index (χ2v) is 6.50. The van der Waals surface area contributed by atoms with E-state index in [2.05, 4.69) is 14.9 Å². The molecule has 0 aliphatic carbocycles. The first-order chi connectivity index (χ1) is 13.9. The molecule has 0 bridgehead atoms. The molecule has 0 atom stereocenters. The van der Waals surface area contributed by atoms with E-state index in [1.54, 1.807) is 18.6 Å². The van der Waals surface area contributed by atoms with Gasteiger partial charge < -0.3 is 9.64 Å². The Bertz CT molecular complexity index is 1110. The zero-order chi connectivity index (χ0) is 18.8. The van der Waals surface area contributed by atoms with E-state index in [0.717, 1.165) is 41.2 Å². The van der Waals surface area contributed by atoms with E-state index in [-0.39, 0.29) is 0 Å². The second-order valence-electron chi connectivity index (χ2n) is 6.50. The third-order valence-corrected chi connectivity index (χ3v) is 4.68. The number of fused-ring (bicyclic) bond motifs is 1. The second kappa shape index (κ2) is 7.28. The number of aromatic nitrogens is 5. The van der Waals surface area contributed by atoms with Crippen molar-refractivity contribution in [2.75, 3.05) is 31.2 Å². The fraction of sp³-hybridized carbons (Fsp3) is 0.190. The number of ether oxygens (including phenoxy) is 1. The first kappa shape index (κ1) is 16.7. The maximum absolute atomic E-state index is 5.49. The van der Waals surface area contributed by atoms with E-state index >= 15 is 0 Å². The summed E-state index contributed by atoms with van der Waals surface area (Å²) in [7, 11) is 0. The number of rotatable bonds is 3. The number of benzene rings is 1. The fourth-order valence-corrected chi connectivity index (χ4v) is 3.28. The highest BCUT2D eigenvalue weighted by Gasteiger charge is 2.19. The summed E-state index contributed by atoms with van der Waals surface area (Å²) >= 11 is 0. The Morgan fingerprint density at radius 2 is 1.64 bits per heavy atom. The van der Waals surface area contributed by atoms with Crippen LogP contribution in [0.15, 0.2) is 61.1 Å². The highest BCUT2D eigenvalue weighted by molar-refractivity contribution is 5.87. The van der Waals surface area contributed by atoms with Gasteiger partial charge in [-0.25, -0.2) is 15.0 Å². The maximum atomic E-state index is 5.49. The topological polar surface area (TPSA) is 76.9 Å². The van der Waals surface area contributed by atoms with Gasteiger partial charge in [-0.3, -0.25) is 9.97 Å². The molecule has 28 heavy (non-hydrogen) atoms. The van der Waals surface area contributed by atoms with E-state index in [4.69, 9.17) is 19.7 Å². The van der Waals surface area contributed by atoms with Gasteiger partial charge >= 0.3 is 0 Å². The lowest BCUT2D eigenvalue weighted by molar-refractivity contribution is 0.122. The Labute approximate surface area is 162 Å². The van der Waals surface area contributed by atoms with Gasteiger partial charge in [0.05, 0.1) is 36.8 Å². The standard InChI is InChI=1S/C21H18N6O/c1-2-5-15(6-3-1)17-13-22-14-18(24-17)20-25-16-7-4-8-23-19(16)21(26-20)27-9-11-28-12-10-27/h1-8,13-14H,9-12H2. The molecule has 1 aliphatic heterocycles. The van der Waals surface area contributed by atoms with Crippen molar-refractivity contribution in [2.45, 2.75) is 0 Å². The van der Waals surface area contributed by atoms with Crippen molar-refractivity contribution in [1.82, 2.24) is 24.9 Å². The quantitative estimate of drug-likeness (QED) is 0.549. The average Bonchev–Trinajstić information content (AvgIpc) is 2.79. The summed E-state index contributed by atoms with van der Waals surface area (Å²) in [6.45, 7) is 2.91. The SMILES string of the molecule is c1ccc(-c2cncc(-c3nc(N4CCOCC4)c4ncccc4n3)n2)cc1. The van der Waals surface area contributed by atoms with Crippen LogP contribution in [0.4, 0.5) is 5.82 Å². The van der Waals surface area contributed by atoms with Crippen LogP contribution in [0.5, 0.6) is 0 Å². The molecule has 0 amide bonds. The zero-order valence-electron chi connectivity index (χ0n) is 15.2. The molecule has 0 unspecified atom stereocenters. The first-order valence-electron chi connectivity index (χ1n) is 9.22. The molecule has 7 heteroatoms. The fourth-order valence-electron chi connectivity index (χ4n) is 3.28. The lowest BCUT2D eigenvalue weighted by atomic mass is 10.1. The van der Waals surface area contributed by atoms with Crippen LogP contribution in [0.3, 0.4) is 0 Å². The zero-order valence-corrected chi connectivity index (χ0v) is 15.2. The summed E-state index contributed by atoms with van der Waals surface area (Å²) in [5, 5.41) is 0. The number of nitrogens with zero attached hydrogens (tertiary/aromatic N) is 6. The number of pyridine rings is 1. The summed E-state index contributed by atoms with van der Waals surface area (Å²) in [6.07, 6.45) is 5.22. The predicted octanol–water partition coefficient (Wildman–Crippen LogP) is 2.99. The molecule has 1 fully saturated rings. The van der Waals surface area contributed by atoms with Crippen LogP contribution in [0, 0.1) is 0 Å². The Balaban J connectivity index is 1.63. The van der Waals surface area contributed by atoms with Crippen LogP contribution in [0.25, 0.3) is 33.8 Å². The number of hydrogen-bond donors (Lipinski definition) is 0. The van der Waals surface area contributed by atoms with Gasteiger partial charge in [0.2, 0.25) is 0 Å². The minimum atomic E-state index is 0.548. The average molecular weight is 370 g/mol. The Hall–Kier alpha value is -3.45. The minimum Gasteiger partial charge on any atom is -0.378 e. The maximum Gasteiger partial charge on any atom is 0.182 e. The molecule has 0 radical (unpaired) electrons. The molecule has 7 nitrogen and oxygen atoms in total. The van der Waals surface area contributed by atoms with Crippen LogP contribution >= 0.6 is 0 Å². The molecule has 1 aromatic carbocycles. The van der Waals surface area contributed by atoms with E-state index in [0.29, 0.717) is 24.7 Å². The highest BCUT2D eigenvalue weighted by atomic mass is 16.5. The van der Waals surface area contributed by atoms with Crippen molar-refractivity contribution >= 4 is 16.9 Å². The first-order valence-corrected chi connectivity index (χ1v) is 9.22. The molecular formula is C21H18N6O. The minimum absolute atomic E-state index is 0.548. The van der Waals surface area contributed by atoms with Gasteiger partial charge in [-0.05, 0) is 12.1 Å². The smallest absolute Gasteiger partial charge is 0.182 e. The van der Waals surface area contributed by atoms with Gasteiger partial charge in [0.15, 0.2) is 11.6 Å². The van der Waals surface area contributed by atoms with E-state index < -0.39 is 0 Å². The molecule has 4 aromatic rings. The summed E-state index contributed by atoms with van der Waals surface area (Å²) in [4.78, 5) is 25.4. The van der Waals surface area contributed by atoms with Crippen LogP contribution < -0.4 is 4.90 Å². The summed E-state index contributed by atoms with van der Waals surface area (Å²) in [6, 6.07) is 13.8. The van der Waals surface area contributed by atoms with E-state index in [1.807, 2.05) is 42.5 Å². The number of anilines is 1.